The molecule has 3 aromatic rings. The highest BCUT2D eigenvalue weighted by molar-refractivity contribution is 5.68. The van der Waals surface area contributed by atoms with Crippen LogP contribution >= 0.6 is 0 Å². The van der Waals surface area contributed by atoms with E-state index in [0.717, 1.165) is 29.7 Å². The molecule has 0 unspecified atom stereocenters. The number of amides is 1. The molecule has 6 heteroatoms. The van der Waals surface area contributed by atoms with Crippen LogP contribution in [0.15, 0.2) is 78.9 Å². The molecule has 2 atom stereocenters. The van der Waals surface area contributed by atoms with Crippen molar-refractivity contribution in [3.8, 4) is 5.75 Å². The third-order valence-corrected chi connectivity index (χ3v) is 7.27. The van der Waals surface area contributed by atoms with E-state index in [9.17, 15) is 9.90 Å². The number of aliphatic hydroxyl groups excluding tert-OH is 1. The van der Waals surface area contributed by atoms with Gasteiger partial charge in [0.2, 0.25) is 0 Å². The fourth-order valence-corrected chi connectivity index (χ4v) is 4.83. The summed E-state index contributed by atoms with van der Waals surface area (Å²) in [6, 6.07) is 26.0. The number of rotatable bonds is 12. The van der Waals surface area contributed by atoms with Crippen molar-refractivity contribution in [2.45, 2.75) is 89.7 Å². The summed E-state index contributed by atoms with van der Waals surface area (Å²) in [5.74, 6) is 1.20. The molecular formula is C34H44N2O4. The molecule has 1 amide bonds. The van der Waals surface area contributed by atoms with Crippen molar-refractivity contribution in [2.24, 2.45) is 0 Å². The number of nitrogens with one attached hydrogen (secondary N) is 2. The SMILES string of the molecule is CC(C)c1cccc(C2(NC[C@H](O)[C@H](Cc3cccc(OCc4ccccc4)c3)NC(=O)OC(C)(C)C)CC2)c1. The lowest BCUT2D eigenvalue weighted by Crippen LogP contribution is -2.51. The monoisotopic (exact) mass is 544 g/mol. The number of hydrogen-bond donors (Lipinski definition) is 3. The first-order valence-corrected chi connectivity index (χ1v) is 14.3. The van der Waals surface area contributed by atoms with Gasteiger partial charge in [-0.25, -0.2) is 4.79 Å². The molecule has 4 rings (SSSR count). The van der Waals surface area contributed by atoms with E-state index in [2.05, 4.69) is 48.7 Å². The molecule has 1 aliphatic carbocycles. The third kappa shape index (κ3) is 8.57. The summed E-state index contributed by atoms with van der Waals surface area (Å²) in [6.07, 6.45) is 1.10. The van der Waals surface area contributed by atoms with Crippen molar-refractivity contribution in [1.82, 2.24) is 10.6 Å². The minimum Gasteiger partial charge on any atom is -0.489 e. The third-order valence-electron chi connectivity index (χ3n) is 7.27. The highest BCUT2D eigenvalue weighted by Gasteiger charge is 2.44. The summed E-state index contributed by atoms with van der Waals surface area (Å²) in [7, 11) is 0. The van der Waals surface area contributed by atoms with Crippen LogP contribution in [0.5, 0.6) is 5.75 Å². The molecule has 0 radical (unpaired) electrons. The summed E-state index contributed by atoms with van der Waals surface area (Å²) >= 11 is 0. The number of alkyl carbamates (subject to hydrolysis) is 1. The second-order valence-electron chi connectivity index (χ2n) is 12.2. The Kier molecular flexibility index (Phi) is 9.54. The first-order chi connectivity index (χ1) is 19.0. The van der Waals surface area contributed by atoms with Crippen LogP contribution in [0, 0.1) is 0 Å². The molecule has 0 aromatic heterocycles. The van der Waals surface area contributed by atoms with E-state index in [4.69, 9.17) is 9.47 Å². The van der Waals surface area contributed by atoms with Gasteiger partial charge in [-0.3, -0.25) is 0 Å². The Morgan fingerprint density at radius 1 is 0.950 bits per heavy atom. The molecule has 214 valence electrons. The number of hydrogen-bond acceptors (Lipinski definition) is 5. The zero-order valence-electron chi connectivity index (χ0n) is 24.4. The van der Waals surface area contributed by atoms with Crippen LogP contribution in [0.2, 0.25) is 0 Å². The van der Waals surface area contributed by atoms with Crippen LogP contribution in [-0.2, 0) is 23.3 Å². The molecule has 6 nitrogen and oxygen atoms in total. The Balaban J connectivity index is 1.44. The quantitative estimate of drug-likeness (QED) is 0.244. The topological polar surface area (TPSA) is 79.8 Å². The lowest BCUT2D eigenvalue weighted by Gasteiger charge is -2.29. The summed E-state index contributed by atoms with van der Waals surface area (Å²) in [5.41, 5.74) is 3.84. The van der Waals surface area contributed by atoms with Crippen LogP contribution in [-0.4, -0.2) is 35.5 Å². The normalized spacial score (nSPS) is 15.8. The second-order valence-corrected chi connectivity index (χ2v) is 12.2. The Labute approximate surface area is 239 Å². The Morgan fingerprint density at radius 2 is 1.65 bits per heavy atom. The summed E-state index contributed by atoms with van der Waals surface area (Å²) in [4.78, 5) is 12.7. The predicted molar refractivity (Wildman–Crippen MR) is 160 cm³/mol. The smallest absolute Gasteiger partial charge is 0.407 e. The molecule has 0 bridgehead atoms. The van der Waals surface area contributed by atoms with Crippen molar-refractivity contribution in [3.63, 3.8) is 0 Å². The maximum atomic E-state index is 12.7. The molecular weight excluding hydrogens is 500 g/mol. The van der Waals surface area contributed by atoms with Crippen LogP contribution in [0.3, 0.4) is 0 Å². The van der Waals surface area contributed by atoms with E-state index in [0.29, 0.717) is 25.5 Å². The number of carbonyl (C=O) groups is 1. The summed E-state index contributed by atoms with van der Waals surface area (Å²) < 4.78 is 11.5. The van der Waals surface area contributed by atoms with Gasteiger partial charge in [0.05, 0.1) is 12.1 Å². The van der Waals surface area contributed by atoms with Crippen LogP contribution in [0.4, 0.5) is 4.79 Å². The minimum atomic E-state index is -0.827. The average molecular weight is 545 g/mol. The van der Waals surface area contributed by atoms with Crippen molar-refractivity contribution in [1.29, 1.82) is 0 Å². The number of carbonyl (C=O) groups excluding carboxylic acids is 1. The van der Waals surface area contributed by atoms with Crippen molar-refractivity contribution >= 4 is 6.09 Å². The Morgan fingerprint density at radius 3 is 2.33 bits per heavy atom. The highest BCUT2D eigenvalue weighted by Crippen LogP contribution is 2.46. The van der Waals surface area contributed by atoms with E-state index in [1.807, 2.05) is 75.4 Å². The second kappa shape index (κ2) is 12.9. The number of ether oxygens (including phenoxy) is 2. The standard InChI is InChI=1S/C34H44N2O4/c1-24(2)27-14-10-15-28(21-27)34(17-18-34)35-22-31(37)30(36-32(38)40-33(3,4)5)20-26-13-9-16-29(19-26)39-23-25-11-7-6-8-12-25/h6-16,19,21,24,30-31,35,37H,17-18,20,22-23H2,1-5H3,(H,36,38)/t30-,31-/m0/s1. The molecule has 1 saturated carbocycles. The number of benzene rings is 3. The van der Waals surface area contributed by atoms with Crippen molar-refractivity contribution in [3.05, 3.63) is 101 Å². The number of aliphatic hydroxyl groups is 1. The highest BCUT2D eigenvalue weighted by atomic mass is 16.6. The van der Waals surface area contributed by atoms with Gasteiger partial charge in [0.15, 0.2) is 0 Å². The molecule has 3 aromatic carbocycles. The largest absolute Gasteiger partial charge is 0.489 e. The lowest BCUT2D eigenvalue weighted by atomic mass is 9.96. The Hall–Kier alpha value is -3.35. The predicted octanol–water partition coefficient (Wildman–Crippen LogP) is 6.46. The first-order valence-electron chi connectivity index (χ1n) is 14.3. The average Bonchev–Trinajstić information content (AvgIpc) is 3.71. The van der Waals surface area contributed by atoms with Gasteiger partial charge in [-0.05, 0) is 80.3 Å². The van der Waals surface area contributed by atoms with Crippen LogP contribution in [0.25, 0.3) is 0 Å². The van der Waals surface area contributed by atoms with E-state index < -0.39 is 23.8 Å². The maximum absolute atomic E-state index is 12.7. The fraction of sp³-hybridized carbons (Fsp3) is 0.441. The maximum Gasteiger partial charge on any atom is 0.407 e. The zero-order chi connectivity index (χ0) is 28.8. The van der Waals surface area contributed by atoms with Crippen molar-refractivity contribution < 1.29 is 19.4 Å². The molecule has 0 heterocycles. The van der Waals surface area contributed by atoms with Crippen molar-refractivity contribution in [2.75, 3.05) is 6.54 Å². The fourth-order valence-electron chi connectivity index (χ4n) is 4.83. The van der Waals surface area contributed by atoms with E-state index in [1.54, 1.807) is 0 Å². The van der Waals surface area contributed by atoms with Crippen LogP contribution < -0.4 is 15.4 Å². The molecule has 0 aliphatic heterocycles. The minimum absolute atomic E-state index is 0.131. The zero-order valence-corrected chi connectivity index (χ0v) is 24.4. The van der Waals surface area contributed by atoms with Gasteiger partial charge >= 0.3 is 6.09 Å². The molecule has 0 saturated heterocycles. The van der Waals surface area contributed by atoms with Gasteiger partial charge in [-0.1, -0.05) is 80.6 Å². The van der Waals surface area contributed by atoms with Crippen LogP contribution in [0.1, 0.15) is 75.6 Å². The van der Waals surface area contributed by atoms with E-state index >= 15 is 0 Å². The van der Waals surface area contributed by atoms with Gasteiger partial charge in [0, 0.05) is 12.1 Å². The Bertz CT molecular complexity index is 1250. The first kappa shape index (κ1) is 29.6. The summed E-state index contributed by atoms with van der Waals surface area (Å²) in [6.45, 7) is 10.7. The van der Waals surface area contributed by atoms with Gasteiger partial charge in [0.1, 0.15) is 18.0 Å². The van der Waals surface area contributed by atoms with Gasteiger partial charge in [-0.2, -0.15) is 0 Å². The van der Waals surface area contributed by atoms with Gasteiger partial charge in [0.25, 0.3) is 0 Å². The molecule has 0 spiro atoms. The molecule has 40 heavy (non-hydrogen) atoms. The molecule has 1 aliphatic rings. The van der Waals surface area contributed by atoms with Gasteiger partial charge in [-0.15, -0.1) is 0 Å². The molecule has 1 fully saturated rings. The lowest BCUT2D eigenvalue weighted by molar-refractivity contribution is 0.0419. The van der Waals surface area contributed by atoms with Gasteiger partial charge < -0.3 is 25.2 Å². The van der Waals surface area contributed by atoms with E-state index in [-0.39, 0.29) is 5.54 Å². The summed E-state index contributed by atoms with van der Waals surface area (Å²) in [5, 5.41) is 17.9. The van der Waals surface area contributed by atoms with E-state index in [1.165, 1.54) is 11.1 Å². The molecule has 3 N–H and O–H groups in total.